The molecule has 2 aromatic rings. The van der Waals surface area contributed by atoms with Gasteiger partial charge in [0.15, 0.2) is 5.78 Å². The van der Waals surface area contributed by atoms with E-state index in [1.165, 1.54) is 0 Å². The maximum atomic E-state index is 12.7. The fourth-order valence-electron chi connectivity index (χ4n) is 3.20. The van der Waals surface area contributed by atoms with Crippen molar-refractivity contribution in [3.05, 3.63) is 65.0 Å². The molecule has 0 bridgehead atoms. The molecule has 136 valence electrons. The van der Waals surface area contributed by atoms with Crippen molar-refractivity contribution >= 4 is 11.7 Å². The van der Waals surface area contributed by atoms with Gasteiger partial charge >= 0.3 is 0 Å². The minimum Gasteiger partial charge on any atom is -0.378 e. The number of hydrogen-bond acceptors (Lipinski definition) is 4. The van der Waals surface area contributed by atoms with Crippen LogP contribution in [0.2, 0.25) is 0 Å². The molecular formula is C21H24N2O3. The maximum absolute atomic E-state index is 12.7. The van der Waals surface area contributed by atoms with E-state index in [9.17, 15) is 9.59 Å². The summed E-state index contributed by atoms with van der Waals surface area (Å²) in [6.45, 7) is 0.788. The normalized spacial score (nSPS) is 16.4. The lowest BCUT2D eigenvalue weighted by Gasteiger charge is -2.10. The summed E-state index contributed by atoms with van der Waals surface area (Å²) in [5.74, 6) is -0.254. The summed E-state index contributed by atoms with van der Waals surface area (Å²) in [5.41, 5.74) is 2.63. The Balaban J connectivity index is 1.79. The minimum atomic E-state index is -0.284. The largest absolute Gasteiger partial charge is 0.378 e. The monoisotopic (exact) mass is 352 g/mol. The molecular weight excluding hydrogens is 328 g/mol. The summed E-state index contributed by atoms with van der Waals surface area (Å²) >= 11 is 0. The number of carbonyl (C=O) groups is 2. The zero-order valence-corrected chi connectivity index (χ0v) is 15.0. The van der Waals surface area contributed by atoms with E-state index in [2.05, 4.69) is 10.3 Å². The third kappa shape index (κ3) is 4.76. The van der Waals surface area contributed by atoms with E-state index < -0.39 is 0 Å². The number of aromatic nitrogens is 1. The number of benzene rings is 1. The number of ether oxygens (including phenoxy) is 1. The van der Waals surface area contributed by atoms with Gasteiger partial charge in [0.05, 0.1) is 6.10 Å². The second-order valence-electron chi connectivity index (χ2n) is 6.57. The number of carbonyl (C=O) groups excluding carboxylic acids is 2. The van der Waals surface area contributed by atoms with Gasteiger partial charge in [0.2, 0.25) is 0 Å². The molecule has 1 N–H and O–H groups in total. The summed E-state index contributed by atoms with van der Waals surface area (Å²) in [6.07, 6.45) is 4.00. The van der Waals surface area contributed by atoms with Crippen LogP contribution in [0.4, 0.5) is 0 Å². The molecule has 1 fully saturated rings. The molecule has 1 aliphatic rings. The van der Waals surface area contributed by atoms with E-state index in [1.54, 1.807) is 19.2 Å². The quantitative estimate of drug-likeness (QED) is 0.777. The van der Waals surface area contributed by atoms with Crippen LogP contribution in [0.1, 0.15) is 57.8 Å². The minimum absolute atomic E-state index is 0.0300. The predicted octanol–water partition coefficient (Wildman–Crippen LogP) is 3.17. The number of hydrogen-bond donors (Lipinski definition) is 1. The zero-order chi connectivity index (χ0) is 18.4. The van der Waals surface area contributed by atoms with E-state index in [1.807, 2.05) is 30.3 Å². The zero-order valence-electron chi connectivity index (χ0n) is 15.0. The molecule has 0 radical (unpaired) electrons. The Labute approximate surface area is 153 Å². The highest BCUT2D eigenvalue weighted by Gasteiger charge is 2.19. The number of Topliss-reactive ketones (excluding diaryl/α,β-unsaturated/α-hetero) is 1. The lowest BCUT2D eigenvalue weighted by molar-refractivity contribution is 0.0859. The van der Waals surface area contributed by atoms with Crippen LogP contribution < -0.4 is 5.32 Å². The highest BCUT2D eigenvalue weighted by molar-refractivity contribution is 5.99. The molecule has 1 atom stereocenters. The van der Waals surface area contributed by atoms with Crippen LogP contribution in [-0.2, 0) is 11.2 Å². The van der Waals surface area contributed by atoms with Gasteiger partial charge < -0.3 is 10.1 Å². The Hall–Kier alpha value is -2.53. The van der Waals surface area contributed by atoms with Gasteiger partial charge in [-0.15, -0.1) is 0 Å². The van der Waals surface area contributed by atoms with Crippen LogP contribution in [0, 0.1) is 0 Å². The van der Waals surface area contributed by atoms with Crippen LogP contribution in [0.5, 0.6) is 0 Å². The van der Waals surface area contributed by atoms with Crippen molar-refractivity contribution in [2.24, 2.45) is 0 Å². The molecule has 3 rings (SSSR count). The fourth-order valence-corrected chi connectivity index (χ4v) is 3.20. The van der Waals surface area contributed by atoms with E-state index in [4.69, 9.17) is 4.74 Å². The first-order chi connectivity index (χ1) is 12.7. The average Bonchev–Trinajstić information content (AvgIpc) is 3.19. The number of amides is 1. The smallest absolute Gasteiger partial charge is 0.269 e. The molecule has 1 aromatic heterocycles. The number of ketones is 1. The Morgan fingerprint density at radius 3 is 2.73 bits per heavy atom. The van der Waals surface area contributed by atoms with Gasteiger partial charge in [-0.1, -0.05) is 30.3 Å². The maximum Gasteiger partial charge on any atom is 0.269 e. The topological polar surface area (TPSA) is 68.3 Å². The first kappa shape index (κ1) is 18.3. The van der Waals surface area contributed by atoms with Crippen molar-refractivity contribution in [1.82, 2.24) is 10.3 Å². The first-order valence-corrected chi connectivity index (χ1v) is 9.07. The predicted molar refractivity (Wildman–Crippen MR) is 99.4 cm³/mol. The van der Waals surface area contributed by atoms with Crippen molar-refractivity contribution in [2.75, 3.05) is 13.7 Å². The van der Waals surface area contributed by atoms with E-state index in [0.29, 0.717) is 18.4 Å². The van der Waals surface area contributed by atoms with Crippen molar-refractivity contribution in [2.45, 2.75) is 38.2 Å². The Morgan fingerprint density at radius 1 is 1.23 bits per heavy atom. The highest BCUT2D eigenvalue weighted by atomic mass is 16.5. The fraction of sp³-hybridized carbons (Fsp3) is 0.381. The van der Waals surface area contributed by atoms with Gasteiger partial charge in [0.25, 0.3) is 5.91 Å². The van der Waals surface area contributed by atoms with Crippen LogP contribution in [-0.4, -0.2) is 36.4 Å². The molecule has 1 unspecified atom stereocenters. The summed E-state index contributed by atoms with van der Waals surface area (Å²) in [4.78, 5) is 29.1. The molecule has 1 amide bonds. The van der Waals surface area contributed by atoms with E-state index >= 15 is 0 Å². The first-order valence-electron chi connectivity index (χ1n) is 9.07. The molecule has 5 nitrogen and oxygen atoms in total. The number of nitrogens with one attached hydrogen (secondary N) is 1. The number of nitrogens with zero attached hydrogens (tertiary/aromatic N) is 1. The lowest BCUT2D eigenvalue weighted by Crippen LogP contribution is -2.21. The molecule has 0 saturated carbocycles. The summed E-state index contributed by atoms with van der Waals surface area (Å²) in [7, 11) is 1.56. The van der Waals surface area contributed by atoms with Crippen molar-refractivity contribution in [1.29, 1.82) is 0 Å². The average molecular weight is 352 g/mol. The summed E-state index contributed by atoms with van der Waals surface area (Å²) in [6, 6.07) is 13.3. The highest BCUT2D eigenvalue weighted by Crippen LogP contribution is 2.19. The van der Waals surface area contributed by atoms with Crippen LogP contribution in [0.25, 0.3) is 0 Å². The van der Waals surface area contributed by atoms with Gasteiger partial charge in [0, 0.05) is 37.8 Å². The molecule has 2 heterocycles. The molecule has 0 spiro atoms. The van der Waals surface area contributed by atoms with Crippen molar-refractivity contribution < 1.29 is 14.3 Å². The third-order valence-electron chi connectivity index (χ3n) is 4.61. The van der Waals surface area contributed by atoms with Gasteiger partial charge in [-0.05, 0) is 37.0 Å². The Morgan fingerprint density at radius 2 is 2.04 bits per heavy atom. The SMILES string of the molecule is CNC(=O)c1cc(C(=O)CCC2CCCO2)cc(Cc2ccccc2)n1. The van der Waals surface area contributed by atoms with Gasteiger partial charge in [0.1, 0.15) is 5.69 Å². The van der Waals surface area contributed by atoms with E-state index in [-0.39, 0.29) is 23.5 Å². The molecule has 1 saturated heterocycles. The number of rotatable bonds is 7. The standard InChI is InChI=1S/C21H24N2O3/c1-22-21(25)19-14-16(20(24)10-9-18-8-5-11-26-18)13-17(23-19)12-15-6-3-2-4-7-15/h2-4,6-7,13-14,18H,5,8-12H2,1H3,(H,22,25). The third-order valence-corrected chi connectivity index (χ3v) is 4.61. The molecule has 0 aliphatic carbocycles. The number of pyridine rings is 1. The van der Waals surface area contributed by atoms with E-state index in [0.717, 1.165) is 37.1 Å². The van der Waals surface area contributed by atoms with Gasteiger partial charge in [-0.25, -0.2) is 4.98 Å². The van der Waals surface area contributed by atoms with Crippen molar-refractivity contribution in [3.63, 3.8) is 0 Å². The lowest BCUT2D eigenvalue weighted by atomic mass is 10.0. The molecule has 5 heteroatoms. The van der Waals surface area contributed by atoms with Gasteiger partial charge in [-0.3, -0.25) is 9.59 Å². The summed E-state index contributed by atoms with van der Waals surface area (Å²) in [5, 5.41) is 2.58. The van der Waals surface area contributed by atoms with Crippen molar-refractivity contribution in [3.8, 4) is 0 Å². The van der Waals surface area contributed by atoms with Crippen LogP contribution in [0.15, 0.2) is 42.5 Å². The second-order valence-corrected chi connectivity index (χ2v) is 6.57. The Kier molecular flexibility index (Phi) is 6.12. The molecule has 1 aliphatic heterocycles. The molecule has 1 aromatic carbocycles. The van der Waals surface area contributed by atoms with Crippen LogP contribution in [0.3, 0.4) is 0 Å². The molecule has 26 heavy (non-hydrogen) atoms. The Bertz CT molecular complexity index is 768. The van der Waals surface area contributed by atoms with Crippen LogP contribution >= 0.6 is 0 Å². The summed E-state index contributed by atoms with van der Waals surface area (Å²) < 4.78 is 5.59. The second kappa shape index (κ2) is 8.72. The van der Waals surface area contributed by atoms with Gasteiger partial charge in [-0.2, -0.15) is 0 Å².